The molecule has 0 bridgehead atoms. The summed E-state index contributed by atoms with van der Waals surface area (Å²) in [5.41, 5.74) is 0.384. The Morgan fingerprint density at radius 2 is 1.41 bits per heavy atom. The van der Waals surface area contributed by atoms with E-state index < -0.39 is 34.4 Å². The van der Waals surface area contributed by atoms with E-state index in [-0.39, 0.29) is 11.1 Å². The first-order valence-corrected chi connectivity index (χ1v) is 12.0. The molecule has 144 valence electrons. The summed E-state index contributed by atoms with van der Waals surface area (Å²) in [6.07, 6.45) is 0. The zero-order valence-electron chi connectivity index (χ0n) is 13.3. The lowest BCUT2D eigenvalue weighted by Crippen LogP contribution is -2.15. The van der Waals surface area contributed by atoms with E-state index in [9.17, 15) is 18.0 Å². The summed E-state index contributed by atoms with van der Waals surface area (Å²) in [5.74, 6) is -1.55. The van der Waals surface area contributed by atoms with Crippen molar-refractivity contribution in [3.63, 3.8) is 0 Å². The molecule has 0 aliphatic heterocycles. The minimum absolute atomic E-state index is 0.139. The van der Waals surface area contributed by atoms with Crippen LogP contribution in [0.3, 0.4) is 0 Å². The predicted octanol–water partition coefficient (Wildman–Crippen LogP) is 3.76. The van der Waals surface area contributed by atoms with Crippen LogP contribution in [0.4, 0.5) is 0 Å². The molecular weight excluding hydrogens is 717 g/mol. The van der Waals surface area contributed by atoms with E-state index in [1.807, 2.05) is 12.1 Å². The van der Waals surface area contributed by atoms with Crippen LogP contribution in [-0.2, 0) is 14.9 Å². The second-order valence-electron chi connectivity index (χ2n) is 5.09. The standard InChI is InChI=1S/C16H11I3O7S/c17-11-7-12(18)14(13(19)8-11)26-16(21)10-3-1-9(2-4-10)15(20)25-5-6-27(22,23)24/h1-4,7-8H,5-6H2,(H,22,23,24). The van der Waals surface area contributed by atoms with Crippen molar-refractivity contribution in [2.75, 3.05) is 12.4 Å². The molecule has 0 saturated carbocycles. The maximum Gasteiger partial charge on any atom is 0.343 e. The third kappa shape index (κ3) is 7.10. The van der Waals surface area contributed by atoms with E-state index in [1.165, 1.54) is 24.3 Å². The Morgan fingerprint density at radius 1 is 0.926 bits per heavy atom. The molecule has 2 aromatic carbocycles. The van der Waals surface area contributed by atoms with Gasteiger partial charge in [0, 0.05) is 3.57 Å². The third-order valence-corrected chi connectivity index (χ3v) is 6.00. The van der Waals surface area contributed by atoms with Gasteiger partial charge in [0.15, 0.2) is 5.75 Å². The molecule has 0 spiro atoms. The van der Waals surface area contributed by atoms with Gasteiger partial charge >= 0.3 is 11.9 Å². The van der Waals surface area contributed by atoms with Crippen LogP contribution in [-0.4, -0.2) is 37.3 Å². The van der Waals surface area contributed by atoms with Crippen LogP contribution in [0.25, 0.3) is 0 Å². The van der Waals surface area contributed by atoms with Crippen molar-refractivity contribution in [2.45, 2.75) is 0 Å². The smallest absolute Gasteiger partial charge is 0.343 e. The van der Waals surface area contributed by atoms with E-state index in [0.717, 1.165) is 10.7 Å². The lowest BCUT2D eigenvalue weighted by atomic mass is 10.1. The van der Waals surface area contributed by atoms with Crippen molar-refractivity contribution < 1.29 is 32.0 Å². The van der Waals surface area contributed by atoms with Gasteiger partial charge in [0.05, 0.1) is 18.3 Å². The first kappa shape index (κ1) is 22.8. The highest BCUT2D eigenvalue weighted by Gasteiger charge is 2.16. The second-order valence-corrected chi connectivity index (χ2v) is 10.2. The topological polar surface area (TPSA) is 107 Å². The van der Waals surface area contributed by atoms with Gasteiger partial charge in [-0.15, -0.1) is 0 Å². The first-order chi connectivity index (χ1) is 12.6. The van der Waals surface area contributed by atoms with Gasteiger partial charge < -0.3 is 9.47 Å². The minimum atomic E-state index is -4.20. The van der Waals surface area contributed by atoms with Gasteiger partial charge in [0.1, 0.15) is 12.4 Å². The summed E-state index contributed by atoms with van der Waals surface area (Å²) >= 11 is 6.35. The van der Waals surface area contributed by atoms with Crippen LogP contribution >= 0.6 is 67.8 Å². The SMILES string of the molecule is O=C(OCCS(=O)(=O)O)c1ccc(C(=O)Oc2c(I)cc(I)cc2I)cc1. The van der Waals surface area contributed by atoms with Crippen molar-refractivity contribution in [3.8, 4) is 5.75 Å². The number of halogens is 3. The summed E-state index contributed by atoms with van der Waals surface area (Å²) in [5, 5.41) is 0. The molecule has 11 heteroatoms. The number of carbonyl (C=O) groups excluding carboxylic acids is 2. The number of rotatable bonds is 6. The van der Waals surface area contributed by atoms with Crippen molar-refractivity contribution in [1.29, 1.82) is 0 Å². The highest BCUT2D eigenvalue weighted by atomic mass is 127. The summed E-state index contributed by atoms with van der Waals surface area (Å²) in [4.78, 5) is 24.1. The number of esters is 2. The highest BCUT2D eigenvalue weighted by molar-refractivity contribution is 14.1. The second kappa shape index (κ2) is 9.80. The van der Waals surface area contributed by atoms with Gasteiger partial charge in [0.25, 0.3) is 10.1 Å². The van der Waals surface area contributed by atoms with E-state index in [4.69, 9.17) is 14.0 Å². The van der Waals surface area contributed by atoms with Gasteiger partial charge in [-0.2, -0.15) is 8.42 Å². The summed E-state index contributed by atoms with van der Waals surface area (Å²) in [6, 6.07) is 9.34. The molecule has 0 atom stereocenters. The van der Waals surface area contributed by atoms with Crippen molar-refractivity contribution in [3.05, 3.63) is 58.2 Å². The molecule has 2 aromatic rings. The predicted molar refractivity (Wildman–Crippen MR) is 123 cm³/mol. The van der Waals surface area contributed by atoms with Crippen molar-refractivity contribution in [1.82, 2.24) is 0 Å². The van der Waals surface area contributed by atoms with Crippen LogP contribution in [0.2, 0.25) is 0 Å². The summed E-state index contributed by atoms with van der Waals surface area (Å²) < 4.78 is 42.6. The van der Waals surface area contributed by atoms with Gasteiger partial charge in [-0.1, -0.05) is 0 Å². The number of hydrogen-bond donors (Lipinski definition) is 1. The maximum atomic E-state index is 12.3. The first-order valence-electron chi connectivity index (χ1n) is 7.16. The molecule has 0 radical (unpaired) electrons. The fourth-order valence-electron chi connectivity index (χ4n) is 1.84. The Morgan fingerprint density at radius 3 is 1.89 bits per heavy atom. The molecule has 0 aromatic heterocycles. The molecule has 0 amide bonds. The average Bonchev–Trinajstić information content (AvgIpc) is 2.56. The van der Waals surface area contributed by atoms with E-state index in [2.05, 4.69) is 67.8 Å². The number of hydrogen-bond acceptors (Lipinski definition) is 6. The van der Waals surface area contributed by atoms with E-state index in [0.29, 0.717) is 5.75 Å². The average molecular weight is 728 g/mol. The van der Waals surface area contributed by atoms with E-state index in [1.54, 1.807) is 0 Å². The van der Waals surface area contributed by atoms with Crippen LogP contribution in [0.15, 0.2) is 36.4 Å². The molecule has 27 heavy (non-hydrogen) atoms. The fourth-order valence-corrected chi connectivity index (χ4v) is 5.94. The molecular formula is C16H11I3O7S. The molecule has 0 unspecified atom stereocenters. The highest BCUT2D eigenvalue weighted by Crippen LogP contribution is 2.30. The zero-order chi connectivity index (χ0) is 20.2. The Hall–Kier alpha value is -0.520. The van der Waals surface area contributed by atoms with Gasteiger partial charge in [-0.25, -0.2) is 9.59 Å². The van der Waals surface area contributed by atoms with Crippen LogP contribution in [0.5, 0.6) is 5.75 Å². The van der Waals surface area contributed by atoms with Gasteiger partial charge in [0.2, 0.25) is 0 Å². The summed E-state index contributed by atoms with van der Waals surface area (Å²) in [7, 11) is -4.20. The Balaban J connectivity index is 2.04. The fraction of sp³-hybridized carbons (Fsp3) is 0.125. The molecule has 0 heterocycles. The number of ether oxygens (including phenoxy) is 2. The number of carbonyl (C=O) groups is 2. The number of benzene rings is 2. The monoisotopic (exact) mass is 728 g/mol. The van der Waals surface area contributed by atoms with Gasteiger partial charge in [-0.3, -0.25) is 4.55 Å². The molecule has 1 N–H and O–H groups in total. The lowest BCUT2D eigenvalue weighted by molar-refractivity contribution is 0.0527. The molecule has 7 nitrogen and oxygen atoms in total. The van der Waals surface area contributed by atoms with Crippen molar-refractivity contribution in [2.24, 2.45) is 0 Å². The zero-order valence-corrected chi connectivity index (χ0v) is 20.6. The Bertz CT molecular complexity index is 949. The molecule has 0 fully saturated rings. The minimum Gasteiger partial charge on any atom is -0.461 e. The largest absolute Gasteiger partial charge is 0.461 e. The van der Waals surface area contributed by atoms with Crippen LogP contribution in [0.1, 0.15) is 20.7 Å². The van der Waals surface area contributed by atoms with Crippen LogP contribution in [0, 0.1) is 10.7 Å². The molecule has 0 saturated heterocycles. The lowest BCUT2D eigenvalue weighted by Gasteiger charge is -2.10. The van der Waals surface area contributed by atoms with Crippen molar-refractivity contribution >= 4 is 89.8 Å². The summed E-state index contributed by atoms with van der Waals surface area (Å²) in [6.45, 7) is -0.467. The quantitative estimate of drug-likeness (QED) is 0.209. The maximum absolute atomic E-state index is 12.3. The molecule has 0 aliphatic carbocycles. The van der Waals surface area contributed by atoms with E-state index >= 15 is 0 Å². The third-order valence-electron chi connectivity index (χ3n) is 3.09. The Labute approximate surface area is 196 Å². The van der Waals surface area contributed by atoms with Gasteiger partial charge in [-0.05, 0) is 104 Å². The van der Waals surface area contributed by atoms with Crippen LogP contribution < -0.4 is 4.74 Å². The Kier molecular flexibility index (Phi) is 8.26. The molecule has 2 rings (SSSR count). The normalized spacial score (nSPS) is 11.1. The molecule has 0 aliphatic rings.